The first-order chi connectivity index (χ1) is 11.5. The number of carbonyl (C=O) groups is 1. The van der Waals surface area contributed by atoms with Gasteiger partial charge in [0.25, 0.3) is 0 Å². The van der Waals surface area contributed by atoms with E-state index in [4.69, 9.17) is 14.2 Å². The maximum atomic E-state index is 12.5. The highest BCUT2D eigenvalue weighted by molar-refractivity contribution is 6.15. The molecule has 0 aliphatic heterocycles. The number of ketones is 1. The molecule has 0 fully saturated rings. The van der Waals surface area contributed by atoms with Crippen LogP contribution in [0, 0.1) is 11.8 Å². The molecule has 1 aliphatic rings. The number of methoxy groups -OCH3 is 3. The van der Waals surface area contributed by atoms with E-state index < -0.39 is 11.4 Å². The molecule has 5 nitrogen and oxygen atoms in total. The Morgan fingerprint density at radius 3 is 2.42 bits per heavy atom. The highest BCUT2D eigenvalue weighted by Crippen LogP contribution is 2.45. The summed E-state index contributed by atoms with van der Waals surface area (Å²) >= 11 is 0. The maximum Gasteiger partial charge on any atom is 0.218 e. The third kappa shape index (κ3) is 2.85. The summed E-state index contributed by atoms with van der Waals surface area (Å²) in [6.07, 6.45) is 2.71. The summed E-state index contributed by atoms with van der Waals surface area (Å²) in [5.41, 5.74) is -1.24. The quantitative estimate of drug-likeness (QED) is 0.641. The molecule has 0 saturated carbocycles. The summed E-state index contributed by atoms with van der Waals surface area (Å²) in [5.74, 6) is 6.41. The van der Waals surface area contributed by atoms with E-state index in [-0.39, 0.29) is 11.3 Å². The van der Waals surface area contributed by atoms with Gasteiger partial charge in [0.05, 0.1) is 21.3 Å². The van der Waals surface area contributed by atoms with E-state index in [1.54, 1.807) is 18.2 Å². The minimum atomic E-state index is -1.83. The van der Waals surface area contributed by atoms with Crippen LogP contribution in [0.2, 0.25) is 0 Å². The van der Waals surface area contributed by atoms with Crippen molar-refractivity contribution in [1.29, 1.82) is 0 Å². The van der Waals surface area contributed by atoms with Crippen molar-refractivity contribution in [3.05, 3.63) is 35.1 Å². The van der Waals surface area contributed by atoms with Gasteiger partial charge >= 0.3 is 0 Å². The van der Waals surface area contributed by atoms with Crippen LogP contribution in [0.1, 0.15) is 31.7 Å². The Bertz CT molecular complexity index is 723. The molecule has 1 aromatic rings. The molecular formula is C19H22O5. The Morgan fingerprint density at radius 2 is 1.83 bits per heavy atom. The Balaban J connectivity index is 2.40. The zero-order chi connectivity index (χ0) is 17.7. The van der Waals surface area contributed by atoms with E-state index in [1.807, 2.05) is 0 Å². The van der Waals surface area contributed by atoms with Crippen molar-refractivity contribution in [1.82, 2.24) is 0 Å². The smallest absolute Gasteiger partial charge is 0.218 e. The zero-order valence-electron chi connectivity index (χ0n) is 14.4. The zero-order valence-corrected chi connectivity index (χ0v) is 14.4. The van der Waals surface area contributed by atoms with E-state index in [0.717, 1.165) is 12.8 Å². The fraction of sp³-hybridized carbons (Fsp3) is 0.421. The second-order valence-electron chi connectivity index (χ2n) is 5.42. The monoisotopic (exact) mass is 330 g/mol. The first-order valence-electron chi connectivity index (χ1n) is 7.81. The van der Waals surface area contributed by atoms with Crippen LogP contribution in [0.15, 0.2) is 29.5 Å². The minimum absolute atomic E-state index is 0.170. The van der Waals surface area contributed by atoms with Gasteiger partial charge < -0.3 is 19.3 Å². The molecule has 0 amide bonds. The first kappa shape index (κ1) is 17.9. The molecule has 2 rings (SSSR count). The highest BCUT2D eigenvalue weighted by Gasteiger charge is 2.55. The van der Waals surface area contributed by atoms with Gasteiger partial charge in [0.2, 0.25) is 11.4 Å². The lowest BCUT2D eigenvalue weighted by molar-refractivity contribution is -0.139. The summed E-state index contributed by atoms with van der Waals surface area (Å²) in [7, 11) is 4.43. The standard InChI is InChI=1S/C19H22O5/c1-5-6-7-8-9-14-17(20)19(21,18(14)24-4)13-10-11-15(22-2)16(12-13)23-3/h10-12,21H,5-7H2,1-4H3. The van der Waals surface area contributed by atoms with Crippen LogP contribution in [0.3, 0.4) is 0 Å². The number of ether oxygens (including phenoxy) is 3. The summed E-state index contributed by atoms with van der Waals surface area (Å²) in [6.45, 7) is 2.08. The second kappa shape index (κ2) is 7.41. The summed E-state index contributed by atoms with van der Waals surface area (Å²) in [5, 5.41) is 10.9. The van der Waals surface area contributed by atoms with Gasteiger partial charge in [-0.1, -0.05) is 31.3 Å². The number of carbonyl (C=O) groups excluding carboxylic acids is 1. The number of Topliss-reactive ketones (excluding diaryl/α,β-unsaturated/α-hetero) is 1. The lowest BCUT2D eigenvalue weighted by atomic mass is 9.73. The summed E-state index contributed by atoms with van der Waals surface area (Å²) in [4.78, 5) is 12.5. The topological polar surface area (TPSA) is 65.0 Å². The van der Waals surface area contributed by atoms with E-state index >= 15 is 0 Å². The highest BCUT2D eigenvalue weighted by atomic mass is 16.5. The van der Waals surface area contributed by atoms with E-state index in [2.05, 4.69) is 18.8 Å². The molecule has 0 saturated heterocycles. The predicted octanol–water partition coefficient (Wildman–Crippen LogP) is 2.57. The van der Waals surface area contributed by atoms with Crippen LogP contribution < -0.4 is 9.47 Å². The Hall–Kier alpha value is -2.45. The lowest BCUT2D eigenvalue weighted by Gasteiger charge is -2.37. The summed E-state index contributed by atoms with van der Waals surface area (Å²) in [6, 6.07) is 4.81. The third-order valence-corrected chi connectivity index (χ3v) is 3.99. The van der Waals surface area contributed by atoms with Crippen molar-refractivity contribution in [2.75, 3.05) is 21.3 Å². The molecule has 0 radical (unpaired) electrons. The fourth-order valence-electron chi connectivity index (χ4n) is 2.61. The number of hydrogen-bond donors (Lipinski definition) is 1. The van der Waals surface area contributed by atoms with Gasteiger partial charge in [-0.2, -0.15) is 0 Å². The number of unbranched alkanes of at least 4 members (excludes halogenated alkanes) is 2. The number of hydrogen-bond acceptors (Lipinski definition) is 5. The molecule has 5 heteroatoms. The normalized spacial score (nSPS) is 19.3. The average molecular weight is 330 g/mol. The molecule has 24 heavy (non-hydrogen) atoms. The third-order valence-electron chi connectivity index (χ3n) is 3.99. The van der Waals surface area contributed by atoms with E-state index in [0.29, 0.717) is 23.5 Å². The largest absolute Gasteiger partial charge is 0.496 e. The Kier molecular flexibility index (Phi) is 5.53. The lowest BCUT2D eigenvalue weighted by Crippen LogP contribution is -2.48. The van der Waals surface area contributed by atoms with Gasteiger partial charge in [-0.05, 0) is 18.6 Å². The molecule has 1 atom stereocenters. The van der Waals surface area contributed by atoms with Crippen molar-refractivity contribution >= 4 is 5.78 Å². The van der Waals surface area contributed by atoms with Gasteiger partial charge in [0.15, 0.2) is 17.3 Å². The number of rotatable bonds is 6. The van der Waals surface area contributed by atoms with Crippen molar-refractivity contribution in [2.45, 2.75) is 31.8 Å². The Labute approximate surface area is 142 Å². The molecular weight excluding hydrogens is 308 g/mol. The van der Waals surface area contributed by atoms with Gasteiger partial charge in [-0.15, -0.1) is 0 Å². The summed E-state index contributed by atoms with van der Waals surface area (Å²) < 4.78 is 15.7. The number of benzene rings is 1. The molecule has 1 aliphatic carbocycles. The van der Waals surface area contributed by atoms with Crippen LogP contribution >= 0.6 is 0 Å². The van der Waals surface area contributed by atoms with Gasteiger partial charge in [-0.25, -0.2) is 0 Å². The molecule has 0 heterocycles. The van der Waals surface area contributed by atoms with E-state index in [9.17, 15) is 9.90 Å². The van der Waals surface area contributed by atoms with Gasteiger partial charge in [-0.3, -0.25) is 4.79 Å². The van der Waals surface area contributed by atoms with Gasteiger partial charge in [0, 0.05) is 12.0 Å². The molecule has 1 unspecified atom stereocenters. The first-order valence-corrected chi connectivity index (χ1v) is 7.81. The molecule has 128 valence electrons. The second-order valence-corrected chi connectivity index (χ2v) is 5.42. The maximum absolute atomic E-state index is 12.5. The average Bonchev–Trinajstić information content (AvgIpc) is 2.62. The molecule has 1 aromatic carbocycles. The fourth-order valence-corrected chi connectivity index (χ4v) is 2.61. The van der Waals surface area contributed by atoms with Crippen LogP contribution in [0.25, 0.3) is 0 Å². The number of aliphatic hydroxyl groups is 1. The predicted molar refractivity (Wildman–Crippen MR) is 89.8 cm³/mol. The van der Waals surface area contributed by atoms with Crippen molar-refractivity contribution in [3.63, 3.8) is 0 Å². The molecule has 0 aromatic heterocycles. The van der Waals surface area contributed by atoms with Crippen molar-refractivity contribution < 1.29 is 24.1 Å². The van der Waals surface area contributed by atoms with E-state index in [1.165, 1.54) is 21.3 Å². The molecule has 0 spiro atoms. The Morgan fingerprint density at radius 1 is 1.12 bits per heavy atom. The minimum Gasteiger partial charge on any atom is -0.496 e. The molecule has 0 bridgehead atoms. The van der Waals surface area contributed by atoms with Crippen LogP contribution in [-0.4, -0.2) is 32.2 Å². The van der Waals surface area contributed by atoms with Crippen LogP contribution in [0.4, 0.5) is 0 Å². The van der Waals surface area contributed by atoms with Crippen LogP contribution in [0.5, 0.6) is 11.5 Å². The van der Waals surface area contributed by atoms with Crippen molar-refractivity contribution in [3.8, 4) is 23.3 Å². The van der Waals surface area contributed by atoms with Crippen molar-refractivity contribution in [2.24, 2.45) is 0 Å². The van der Waals surface area contributed by atoms with Crippen LogP contribution in [-0.2, 0) is 15.1 Å². The SMILES string of the molecule is CCCCC#CC1=C(OC)C(O)(c2ccc(OC)c(OC)c2)C1=O. The molecule has 1 N–H and O–H groups in total. The van der Waals surface area contributed by atoms with Gasteiger partial charge in [0.1, 0.15) is 5.57 Å².